The van der Waals surface area contributed by atoms with Crippen molar-refractivity contribution in [1.29, 1.82) is 0 Å². The maximum atomic E-state index is 13.6. The second-order valence-electron chi connectivity index (χ2n) is 6.36. The normalized spacial score (nSPS) is 23.8. The molecular formula is C17H22FN3O2. The molecule has 2 atom stereocenters. The Morgan fingerprint density at radius 3 is 2.87 bits per heavy atom. The lowest BCUT2D eigenvalue weighted by molar-refractivity contribution is -0.138. The molecule has 0 spiro atoms. The molecule has 5 nitrogen and oxygen atoms in total. The van der Waals surface area contributed by atoms with Crippen molar-refractivity contribution in [3.8, 4) is 0 Å². The number of likely N-dealkylation sites (N-methyl/N-ethyl adjacent to an activating group) is 1. The molecule has 1 aromatic carbocycles. The highest BCUT2D eigenvalue weighted by Gasteiger charge is 2.40. The van der Waals surface area contributed by atoms with Crippen molar-refractivity contribution in [1.82, 2.24) is 15.1 Å². The minimum atomic E-state index is -0.248. The second kappa shape index (κ2) is 6.56. The lowest BCUT2D eigenvalue weighted by Crippen LogP contribution is -2.46. The summed E-state index contributed by atoms with van der Waals surface area (Å²) in [6, 6.07) is 6.53. The molecule has 3 saturated heterocycles. The number of rotatable bonds is 3. The van der Waals surface area contributed by atoms with Crippen molar-refractivity contribution in [2.24, 2.45) is 5.92 Å². The van der Waals surface area contributed by atoms with Gasteiger partial charge in [-0.2, -0.15) is 0 Å². The number of urea groups is 1. The van der Waals surface area contributed by atoms with Crippen LogP contribution >= 0.6 is 0 Å². The van der Waals surface area contributed by atoms with Crippen LogP contribution in [-0.4, -0.2) is 54.5 Å². The van der Waals surface area contributed by atoms with Gasteiger partial charge in [-0.25, -0.2) is 9.18 Å². The van der Waals surface area contributed by atoms with Gasteiger partial charge in [-0.05, 0) is 30.9 Å². The Hall–Kier alpha value is -2.11. The molecule has 3 fully saturated rings. The molecule has 3 aliphatic rings. The standard InChI is InChI=1S/C17H22FN3O2/c1-20-14-7-6-13(16(20)22)10-21(11-14)17(23)19-9-8-12-4-2-3-5-15(12)18/h2-5,13-14H,6-11H2,1H3,(H,19,23)/t13-,14+/m1/s1. The van der Waals surface area contributed by atoms with E-state index >= 15 is 0 Å². The molecule has 0 aliphatic carbocycles. The van der Waals surface area contributed by atoms with Crippen LogP contribution in [0.15, 0.2) is 24.3 Å². The molecule has 0 unspecified atom stereocenters. The first-order valence-corrected chi connectivity index (χ1v) is 8.09. The first kappa shape index (κ1) is 15.8. The summed E-state index contributed by atoms with van der Waals surface area (Å²) in [5, 5.41) is 2.84. The Morgan fingerprint density at radius 2 is 2.09 bits per heavy atom. The third kappa shape index (κ3) is 3.30. The zero-order chi connectivity index (χ0) is 16.4. The van der Waals surface area contributed by atoms with Crippen molar-refractivity contribution in [2.45, 2.75) is 25.3 Å². The molecule has 3 heterocycles. The van der Waals surface area contributed by atoms with Crippen molar-refractivity contribution < 1.29 is 14.0 Å². The number of piperidine rings is 1. The van der Waals surface area contributed by atoms with Gasteiger partial charge >= 0.3 is 6.03 Å². The fourth-order valence-electron chi connectivity index (χ4n) is 3.44. The average molecular weight is 319 g/mol. The summed E-state index contributed by atoms with van der Waals surface area (Å²) in [6.07, 6.45) is 2.26. The van der Waals surface area contributed by atoms with Gasteiger partial charge in [-0.1, -0.05) is 18.2 Å². The lowest BCUT2D eigenvalue weighted by Gasteiger charge is -2.32. The average Bonchev–Trinajstić information content (AvgIpc) is 2.83. The monoisotopic (exact) mass is 319 g/mol. The van der Waals surface area contributed by atoms with E-state index in [1.165, 1.54) is 6.07 Å². The lowest BCUT2D eigenvalue weighted by atomic mass is 9.95. The number of hydrogen-bond acceptors (Lipinski definition) is 2. The van der Waals surface area contributed by atoms with Gasteiger partial charge in [-0.3, -0.25) is 4.79 Å². The van der Waals surface area contributed by atoms with E-state index in [1.54, 1.807) is 28.0 Å². The first-order valence-electron chi connectivity index (χ1n) is 8.09. The number of carbonyl (C=O) groups excluding carboxylic acids is 2. The zero-order valence-corrected chi connectivity index (χ0v) is 13.3. The summed E-state index contributed by atoms with van der Waals surface area (Å²) in [6.45, 7) is 1.44. The number of amides is 3. The van der Waals surface area contributed by atoms with Gasteiger partial charge in [0.1, 0.15) is 5.82 Å². The predicted octanol–water partition coefficient (Wildman–Crippen LogP) is 1.63. The van der Waals surface area contributed by atoms with E-state index in [0.717, 1.165) is 12.8 Å². The molecular weight excluding hydrogens is 297 g/mol. The summed E-state index contributed by atoms with van der Waals surface area (Å²) in [5.41, 5.74) is 0.596. The number of halogens is 1. The number of nitrogens with one attached hydrogen (secondary N) is 1. The number of carbonyl (C=O) groups is 2. The summed E-state index contributed by atoms with van der Waals surface area (Å²) < 4.78 is 13.6. The fraction of sp³-hybridized carbons (Fsp3) is 0.529. The van der Waals surface area contributed by atoms with E-state index in [-0.39, 0.29) is 29.7 Å². The van der Waals surface area contributed by atoms with E-state index in [1.807, 2.05) is 7.05 Å². The molecule has 0 saturated carbocycles. The van der Waals surface area contributed by atoms with Gasteiger partial charge in [0.05, 0.1) is 5.92 Å². The van der Waals surface area contributed by atoms with Crippen LogP contribution in [0, 0.1) is 11.7 Å². The van der Waals surface area contributed by atoms with E-state index in [9.17, 15) is 14.0 Å². The van der Waals surface area contributed by atoms with Gasteiger partial charge in [0.25, 0.3) is 0 Å². The summed E-state index contributed by atoms with van der Waals surface area (Å²) in [4.78, 5) is 28.0. The fourth-order valence-corrected chi connectivity index (χ4v) is 3.44. The smallest absolute Gasteiger partial charge is 0.317 e. The van der Waals surface area contributed by atoms with Crippen molar-refractivity contribution in [3.63, 3.8) is 0 Å². The minimum absolute atomic E-state index is 0.0870. The summed E-state index contributed by atoms with van der Waals surface area (Å²) in [5.74, 6) is -0.194. The zero-order valence-electron chi connectivity index (χ0n) is 13.3. The molecule has 1 aromatic rings. The Morgan fingerprint density at radius 1 is 1.30 bits per heavy atom. The Balaban J connectivity index is 1.55. The van der Waals surface area contributed by atoms with Gasteiger partial charge in [0.2, 0.25) is 5.91 Å². The molecule has 2 bridgehead atoms. The van der Waals surface area contributed by atoms with Crippen molar-refractivity contribution in [3.05, 3.63) is 35.6 Å². The molecule has 3 aliphatic heterocycles. The molecule has 23 heavy (non-hydrogen) atoms. The highest BCUT2D eigenvalue weighted by atomic mass is 19.1. The highest BCUT2D eigenvalue weighted by molar-refractivity contribution is 5.82. The third-order valence-corrected chi connectivity index (χ3v) is 4.88. The van der Waals surface area contributed by atoms with Gasteiger partial charge < -0.3 is 15.1 Å². The maximum Gasteiger partial charge on any atom is 0.317 e. The van der Waals surface area contributed by atoms with Crippen LogP contribution < -0.4 is 5.32 Å². The van der Waals surface area contributed by atoms with Crippen LogP contribution in [0.5, 0.6) is 0 Å². The van der Waals surface area contributed by atoms with Crippen molar-refractivity contribution >= 4 is 11.9 Å². The Kier molecular flexibility index (Phi) is 4.50. The van der Waals surface area contributed by atoms with Gasteiger partial charge in [0, 0.05) is 32.7 Å². The topological polar surface area (TPSA) is 52.7 Å². The maximum absolute atomic E-state index is 13.6. The highest BCUT2D eigenvalue weighted by Crippen LogP contribution is 2.27. The van der Waals surface area contributed by atoms with Crippen LogP contribution in [0.25, 0.3) is 0 Å². The molecule has 3 amide bonds. The van der Waals surface area contributed by atoms with Crippen LogP contribution in [0.4, 0.5) is 9.18 Å². The quantitative estimate of drug-likeness (QED) is 0.921. The Labute approximate surface area is 135 Å². The van der Waals surface area contributed by atoms with Crippen LogP contribution in [0.1, 0.15) is 18.4 Å². The molecule has 4 rings (SSSR count). The summed E-state index contributed by atoms with van der Waals surface area (Å²) >= 11 is 0. The van der Waals surface area contributed by atoms with E-state index in [2.05, 4.69) is 5.32 Å². The molecule has 0 aromatic heterocycles. The van der Waals surface area contributed by atoms with Crippen LogP contribution in [-0.2, 0) is 11.2 Å². The molecule has 1 N–H and O–H groups in total. The SMILES string of the molecule is CN1C(=O)[C@@H]2CC[C@H]1CN(C(=O)NCCc1ccccc1F)C2. The minimum Gasteiger partial charge on any atom is -0.341 e. The molecule has 6 heteroatoms. The van der Waals surface area contributed by atoms with Crippen LogP contribution in [0.3, 0.4) is 0 Å². The number of nitrogens with zero attached hydrogens (tertiary/aromatic N) is 2. The van der Waals surface area contributed by atoms with Crippen LogP contribution in [0.2, 0.25) is 0 Å². The van der Waals surface area contributed by atoms with Gasteiger partial charge in [-0.15, -0.1) is 0 Å². The molecule has 124 valence electrons. The number of hydrogen-bond donors (Lipinski definition) is 1. The predicted molar refractivity (Wildman–Crippen MR) is 84.4 cm³/mol. The second-order valence-corrected chi connectivity index (χ2v) is 6.36. The Bertz CT molecular complexity index is 607. The van der Waals surface area contributed by atoms with Gasteiger partial charge in [0.15, 0.2) is 0 Å². The van der Waals surface area contributed by atoms with E-state index in [4.69, 9.17) is 0 Å². The van der Waals surface area contributed by atoms with Crippen molar-refractivity contribution in [2.75, 3.05) is 26.7 Å². The van der Waals surface area contributed by atoms with E-state index < -0.39 is 0 Å². The number of benzene rings is 1. The molecule has 0 radical (unpaired) electrons. The third-order valence-electron chi connectivity index (χ3n) is 4.88. The first-order chi connectivity index (χ1) is 11.1. The summed E-state index contributed by atoms with van der Waals surface area (Å²) in [7, 11) is 1.82. The largest absolute Gasteiger partial charge is 0.341 e. The van der Waals surface area contributed by atoms with E-state index in [0.29, 0.717) is 31.6 Å². The number of fused-ring (bicyclic) bond motifs is 4.